The fourth-order valence-corrected chi connectivity index (χ4v) is 2.20. The van der Waals surface area contributed by atoms with Crippen molar-refractivity contribution < 1.29 is 14.7 Å². The number of hydrogen-bond acceptors (Lipinski definition) is 3. The molecule has 2 rings (SSSR count). The summed E-state index contributed by atoms with van der Waals surface area (Å²) in [7, 11) is 0. The summed E-state index contributed by atoms with van der Waals surface area (Å²) in [5, 5.41) is 11.7. The van der Waals surface area contributed by atoms with Crippen LogP contribution in [0.25, 0.3) is 0 Å². The monoisotopic (exact) mass is 314 g/mol. The molecule has 2 N–H and O–H groups in total. The molecule has 0 bridgehead atoms. The zero-order valence-corrected chi connectivity index (χ0v) is 13.0. The fraction of sp³-hybridized carbons (Fsp3) is 0.235. The molecule has 0 radical (unpaired) electrons. The number of carbonyl (C=O) groups excluding carboxylic acids is 1. The van der Waals surface area contributed by atoms with Crippen molar-refractivity contribution in [2.75, 3.05) is 5.32 Å². The van der Waals surface area contributed by atoms with Crippen LogP contribution in [0.15, 0.2) is 41.2 Å². The van der Waals surface area contributed by atoms with Gasteiger partial charge in [0.05, 0.1) is 0 Å². The second-order valence-corrected chi connectivity index (χ2v) is 5.18. The average molecular weight is 314 g/mol. The Bertz CT molecular complexity index is 791. The third kappa shape index (κ3) is 3.85. The van der Waals surface area contributed by atoms with Gasteiger partial charge in [0.1, 0.15) is 12.1 Å². The third-order valence-corrected chi connectivity index (χ3v) is 3.57. The molecule has 0 spiro atoms. The van der Waals surface area contributed by atoms with Gasteiger partial charge in [-0.1, -0.05) is 19.1 Å². The minimum absolute atomic E-state index is 0.235. The van der Waals surface area contributed by atoms with Crippen LogP contribution in [0.3, 0.4) is 0 Å². The van der Waals surface area contributed by atoms with Crippen molar-refractivity contribution in [3.05, 3.63) is 63.6 Å². The van der Waals surface area contributed by atoms with Gasteiger partial charge in [-0.15, -0.1) is 0 Å². The summed E-state index contributed by atoms with van der Waals surface area (Å²) < 4.78 is 1.15. The topological polar surface area (TPSA) is 88.4 Å². The van der Waals surface area contributed by atoms with E-state index in [4.69, 9.17) is 5.11 Å². The van der Waals surface area contributed by atoms with Gasteiger partial charge in [0, 0.05) is 11.4 Å². The van der Waals surface area contributed by atoms with E-state index in [1.54, 1.807) is 19.1 Å². The van der Waals surface area contributed by atoms with Gasteiger partial charge < -0.3 is 15.0 Å². The van der Waals surface area contributed by atoms with Crippen LogP contribution in [0.4, 0.5) is 5.69 Å². The second kappa shape index (κ2) is 6.91. The Balaban J connectivity index is 2.18. The lowest BCUT2D eigenvalue weighted by Crippen LogP contribution is -2.32. The SMILES string of the molecule is CCc1ccc(NC(=O)Cn2c(C)ccc(C(=O)O)c2=O)cc1. The molecule has 0 saturated carbocycles. The maximum atomic E-state index is 12.1. The first-order chi connectivity index (χ1) is 10.9. The number of hydrogen-bond donors (Lipinski definition) is 2. The Hall–Kier alpha value is -2.89. The van der Waals surface area contributed by atoms with E-state index >= 15 is 0 Å². The molecule has 0 unspecified atom stereocenters. The summed E-state index contributed by atoms with van der Waals surface area (Å²) in [4.78, 5) is 35.2. The highest BCUT2D eigenvalue weighted by atomic mass is 16.4. The van der Waals surface area contributed by atoms with Gasteiger partial charge in [0.2, 0.25) is 5.91 Å². The molecule has 2 aromatic rings. The van der Waals surface area contributed by atoms with Gasteiger partial charge in [-0.3, -0.25) is 9.59 Å². The molecular formula is C17H18N2O4. The van der Waals surface area contributed by atoms with Crippen LogP contribution in [-0.2, 0) is 17.8 Å². The lowest BCUT2D eigenvalue weighted by molar-refractivity contribution is -0.116. The first-order valence-corrected chi connectivity index (χ1v) is 7.25. The molecule has 1 aromatic heterocycles. The predicted octanol–water partition coefficient (Wildman–Crippen LogP) is 2.06. The average Bonchev–Trinajstić information content (AvgIpc) is 2.51. The quantitative estimate of drug-likeness (QED) is 0.884. The number of carboxylic acid groups (broad SMARTS) is 1. The number of benzene rings is 1. The molecule has 0 aliphatic carbocycles. The molecule has 0 fully saturated rings. The molecule has 120 valence electrons. The van der Waals surface area contributed by atoms with Crippen LogP contribution >= 0.6 is 0 Å². The number of nitrogens with one attached hydrogen (secondary N) is 1. The van der Waals surface area contributed by atoms with E-state index in [0.717, 1.165) is 16.6 Å². The molecule has 1 aromatic carbocycles. The first-order valence-electron chi connectivity index (χ1n) is 7.25. The van der Waals surface area contributed by atoms with Crippen molar-refractivity contribution in [2.45, 2.75) is 26.8 Å². The Morgan fingerprint density at radius 3 is 2.35 bits per heavy atom. The summed E-state index contributed by atoms with van der Waals surface area (Å²) in [5.74, 6) is -1.69. The van der Waals surface area contributed by atoms with Gasteiger partial charge in [-0.25, -0.2) is 4.79 Å². The summed E-state index contributed by atoms with van der Waals surface area (Å²) in [6, 6.07) is 10.2. The minimum Gasteiger partial charge on any atom is -0.477 e. The zero-order valence-electron chi connectivity index (χ0n) is 13.0. The van der Waals surface area contributed by atoms with Gasteiger partial charge >= 0.3 is 5.97 Å². The van der Waals surface area contributed by atoms with Crippen LogP contribution in [-0.4, -0.2) is 21.6 Å². The van der Waals surface area contributed by atoms with Crippen molar-refractivity contribution in [3.8, 4) is 0 Å². The van der Waals surface area contributed by atoms with E-state index in [2.05, 4.69) is 5.32 Å². The second-order valence-electron chi connectivity index (χ2n) is 5.18. The molecule has 0 aliphatic rings. The number of nitrogens with zero attached hydrogens (tertiary/aromatic N) is 1. The van der Waals surface area contributed by atoms with Crippen molar-refractivity contribution in [3.63, 3.8) is 0 Å². The molecule has 23 heavy (non-hydrogen) atoms. The summed E-state index contributed by atoms with van der Waals surface area (Å²) in [5.41, 5.74) is 1.28. The molecule has 6 nitrogen and oxygen atoms in total. The molecular weight excluding hydrogens is 296 g/mol. The van der Waals surface area contributed by atoms with Gasteiger partial charge in [0.25, 0.3) is 5.56 Å². The minimum atomic E-state index is -1.31. The van der Waals surface area contributed by atoms with E-state index in [0.29, 0.717) is 11.4 Å². The van der Waals surface area contributed by atoms with Crippen molar-refractivity contribution >= 4 is 17.6 Å². The Morgan fingerprint density at radius 1 is 1.13 bits per heavy atom. The summed E-state index contributed by atoms with van der Waals surface area (Å²) >= 11 is 0. The fourth-order valence-electron chi connectivity index (χ4n) is 2.20. The smallest absolute Gasteiger partial charge is 0.341 e. The molecule has 0 saturated heterocycles. The van der Waals surface area contributed by atoms with Gasteiger partial charge in [0.15, 0.2) is 0 Å². The predicted molar refractivity (Wildman–Crippen MR) is 86.8 cm³/mol. The van der Waals surface area contributed by atoms with E-state index in [1.807, 2.05) is 19.1 Å². The Kier molecular flexibility index (Phi) is 4.95. The van der Waals surface area contributed by atoms with Crippen molar-refractivity contribution in [1.29, 1.82) is 0 Å². The molecule has 6 heteroatoms. The number of carboxylic acids is 1. The lowest BCUT2D eigenvalue weighted by atomic mass is 10.1. The summed E-state index contributed by atoms with van der Waals surface area (Å²) in [6.07, 6.45) is 0.908. The van der Waals surface area contributed by atoms with E-state index < -0.39 is 11.5 Å². The molecule has 0 atom stereocenters. The van der Waals surface area contributed by atoms with Crippen molar-refractivity contribution in [2.24, 2.45) is 0 Å². The van der Waals surface area contributed by atoms with Gasteiger partial charge in [-0.2, -0.15) is 0 Å². The van der Waals surface area contributed by atoms with E-state index in [-0.39, 0.29) is 18.0 Å². The van der Waals surface area contributed by atoms with Crippen LogP contribution in [0.2, 0.25) is 0 Å². The number of amides is 1. The number of carbonyl (C=O) groups is 2. The molecule has 1 amide bonds. The highest BCUT2D eigenvalue weighted by molar-refractivity contribution is 5.91. The maximum absolute atomic E-state index is 12.1. The van der Waals surface area contributed by atoms with E-state index in [9.17, 15) is 14.4 Å². The number of anilines is 1. The van der Waals surface area contributed by atoms with Gasteiger partial charge in [-0.05, 0) is 43.2 Å². The number of pyridine rings is 1. The van der Waals surface area contributed by atoms with Crippen LogP contribution < -0.4 is 10.9 Å². The van der Waals surface area contributed by atoms with Crippen LogP contribution in [0, 0.1) is 6.92 Å². The number of aryl methyl sites for hydroxylation is 2. The standard InChI is InChI=1S/C17H18N2O4/c1-3-12-5-7-13(8-6-12)18-15(20)10-19-11(2)4-9-14(16(19)21)17(22)23/h4-9H,3,10H2,1-2H3,(H,18,20)(H,22,23). The summed E-state index contributed by atoms with van der Waals surface area (Å²) in [6.45, 7) is 3.45. The number of rotatable bonds is 5. The largest absolute Gasteiger partial charge is 0.477 e. The van der Waals surface area contributed by atoms with Crippen LogP contribution in [0.1, 0.15) is 28.5 Å². The molecule has 1 heterocycles. The molecule has 0 aliphatic heterocycles. The normalized spacial score (nSPS) is 10.3. The first kappa shape index (κ1) is 16.5. The highest BCUT2D eigenvalue weighted by Gasteiger charge is 2.14. The number of aromatic nitrogens is 1. The Labute approximate surface area is 133 Å². The van der Waals surface area contributed by atoms with E-state index in [1.165, 1.54) is 12.1 Å². The highest BCUT2D eigenvalue weighted by Crippen LogP contribution is 2.10. The zero-order chi connectivity index (χ0) is 17.0. The van der Waals surface area contributed by atoms with Crippen LogP contribution in [0.5, 0.6) is 0 Å². The Morgan fingerprint density at radius 2 is 1.78 bits per heavy atom. The maximum Gasteiger partial charge on any atom is 0.341 e. The lowest BCUT2D eigenvalue weighted by Gasteiger charge is -2.11. The third-order valence-electron chi connectivity index (χ3n) is 3.57. The number of aromatic carboxylic acids is 1. The van der Waals surface area contributed by atoms with Crippen molar-refractivity contribution in [1.82, 2.24) is 4.57 Å².